The van der Waals surface area contributed by atoms with Crippen LogP contribution in [0, 0.1) is 0 Å². The summed E-state index contributed by atoms with van der Waals surface area (Å²) < 4.78 is 25.1. The second-order valence-electron chi connectivity index (χ2n) is 10.6. The summed E-state index contributed by atoms with van der Waals surface area (Å²) in [5, 5.41) is -2.97. The Hall–Kier alpha value is -1.26. The molecular formula is C29H40O6P2-4. The van der Waals surface area contributed by atoms with Crippen molar-refractivity contribution in [2.24, 2.45) is 0 Å². The summed E-state index contributed by atoms with van der Waals surface area (Å²) in [6.07, 6.45) is 4.04. The molecule has 0 bridgehead atoms. The van der Waals surface area contributed by atoms with Gasteiger partial charge in [0.1, 0.15) is 0 Å². The fraction of sp³-hybridized carbons (Fsp3) is 0.586. The molecule has 0 saturated carbocycles. The summed E-state index contributed by atoms with van der Waals surface area (Å²) in [4.78, 5) is 50.2. The molecule has 0 fully saturated rings. The topological polar surface area (TPSA) is 126 Å². The molecule has 2 aromatic carbocycles. The average molecular weight is 547 g/mol. The quantitative estimate of drug-likeness (QED) is 0.328. The molecule has 6 nitrogen and oxygen atoms in total. The highest BCUT2D eigenvalue weighted by atomic mass is 31.2. The Morgan fingerprint density at radius 1 is 0.622 bits per heavy atom. The SMILES string of the molecule is CCCC1(CCC)c2cc(C(CC)(CC)P(=O)([O-])[O-])ccc2-c2ccc(C(CC)(CC)P(=O)([O-])[O-])cc21. The van der Waals surface area contributed by atoms with Gasteiger partial charge in [0.05, 0.1) is 0 Å². The van der Waals surface area contributed by atoms with Gasteiger partial charge in [-0.15, -0.1) is 0 Å². The van der Waals surface area contributed by atoms with E-state index in [9.17, 15) is 28.7 Å². The van der Waals surface area contributed by atoms with Crippen LogP contribution in [0.3, 0.4) is 0 Å². The van der Waals surface area contributed by atoms with E-state index in [1.165, 1.54) is 0 Å². The minimum atomic E-state index is -4.96. The molecule has 1 aliphatic rings. The summed E-state index contributed by atoms with van der Waals surface area (Å²) in [5.74, 6) is 0. The van der Waals surface area contributed by atoms with Crippen LogP contribution < -0.4 is 19.6 Å². The van der Waals surface area contributed by atoms with E-state index in [-0.39, 0.29) is 25.7 Å². The second kappa shape index (κ2) is 10.7. The van der Waals surface area contributed by atoms with E-state index in [1.54, 1.807) is 39.8 Å². The monoisotopic (exact) mass is 546 g/mol. The van der Waals surface area contributed by atoms with E-state index in [0.29, 0.717) is 11.1 Å². The Balaban J connectivity index is 2.38. The van der Waals surface area contributed by atoms with Crippen LogP contribution in [-0.2, 0) is 24.9 Å². The Labute approximate surface area is 222 Å². The van der Waals surface area contributed by atoms with E-state index in [0.717, 1.165) is 47.9 Å². The van der Waals surface area contributed by atoms with Crippen LogP contribution in [0.15, 0.2) is 36.4 Å². The van der Waals surface area contributed by atoms with Crippen LogP contribution in [0.4, 0.5) is 0 Å². The van der Waals surface area contributed by atoms with Crippen molar-refractivity contribution in [3.05, 3.63) is 58.7 Å². The molecule has 0 N–H and O–H groups in total. The minimum Gasteiger partial charge on any atom is -0.810 e. The highest BCUT2D eigenvalue weighted by molar-refractivity contribution is 7.50. The van der Waals surface area contributed by atoms with Crippen LogP contribution in [0.25, 0.3) is 11.1 Å². The lowest BCUT2D eigenvalue weighted by atomic mass is 9.70. The maximum atomic E-state index is 12.5. The summed E-state index contributed by atoms with van der Waals surface area (Å²) in [6.45, 7) is 11.2. The Bertz CT molecular complexity index is 1120. The molecule has 2 aromatic rings. The number of hydrogen-bond acceptors (Lipinski definition) is 6. The van der Waals surface area contributed by atoms with Gasteiger partial charge in [-0.25, -0.2) is 0 Å². The first-order valence-electron chi connectivity index (χ1n) is 13.6. The van der Waals surface area contributed by atoms with Gasteiger partial charge >= 0.3 is 0 Å². The number of hydrogen-bond donors (Lipinski definition) is 0. The zero-order chi connectivity index (χ0) is 27.9. The molecule has 0 aromatic heterocycles. The molecule has 37 heavy (non-hydrogen) atoms. The molecule has 206 valence electrons. The van der Waals surface area contributed by atoms with E-state index in [1.807, 2.05) is 24.3 Å². The fourth-order valence-corrected chi connectivity index (χ4v) is 9.46. The van der Waals surface area contributed by atoms with Gasteiger partial charge in [0.2, 0.25) is 0 Å². The Morgan fingerprint density at radius 3 is 1.19 bits per heavy atom. The van der Waals surface area contributed by atoms with Crippen molar-refractivity contribution < 1.29 is 28.7 Å². The summed E-state index contributed by atoms with van der Waals surface area (Å²) in [6, 6.07) is 11.2. The molecule has 0 amide bonds. The van der Waals surface area contributed by atoms with E-state index < -0.39 is 30.9 Å². The molecule has 8 heteroatoms. The Kier molecular flexibility index (Phi) is 8.77. The lowest BCUT2D eigenvalue weighted by Crippen LogP contribution is -2.37. The van der Waals surface area contributed by atoms with Crippen molar-refractivity contribution in [1.29, 1.82) is 0 Å². The van der Waals surface area contributed by atoms with Gasteiger partial charge in [-0.3, -0.25) is 0 Å². The molecule has 3 rings (SSSR count). The van der Waals surface area contributed by atoms with Gasteiger partial charge < -0.3 is 28.7 Å². The van der Waals surface area contributed by atoms with E-state index in [4.69, 9.17) is 0 Å². The predicted octanol–water partition coefficient (Wildman–Crippen LogP) is 5.41. The first-order valence-corrected chi connectivity index (χ1v) is 16.7. The fourth-order valence-electron chi connectivity index (χ4n) is 7.00. The van der Waals surface area contributed by atoms with E-state index in [2.05, 4.69) is 13.8 Å². The van der Waals surface area contributed by atoms with Crippen molar-refractivity contribution in [1.82, 2.24) is 0 Å². The predicted molar refractivity (Wildman–Crippen MR) is 142 cm³/mol. The van der Waals surface area contributed by atoms with Crippen LogP contribution in [0.5, 0.6) is 0 Å². The molecule has 0 aliphatic heterocycles. The third-order valence-electron chi connectivity index (χ3n) is 9.18. The standard InChI is InChI=1S/C29H44O6P2/c1-7-17-27(18-8-2)25-19-21(28(9-3,10-4)36(30,31)32)13-15-23(25)24-16-14-22(20-26(24)27)29(11-5,12-6)37(33,34)35/h13-16,19-20H,7-12,17-18H2,1-6H3,(H2,30,31,32)(H2,33,34,35)/p-4. The molecule has 0 saturated heterocycles. The third-order valence-corrected chi connectivity index (χ3v) is 13.1. The van der Waals surface area contributed by atoms with E-state index >= 15 is 0 Å². The van der Waals surface area contributed by atoms with Crippen LogP contribution in [0.2, 0.25) is 0 Å². The van der Waals surface area contributed by atoms with Gasteiger partial charge in [-0.1, -0.05) is 106 Å². The van der Waals surface area contributed by atoms with Crippen molar-refractivity contribution in [3.8, 4) is 11.1 Å². The summed E-state index contributed by atoms with van der Waals surface area (Å²) >= 11 is 0. The molecule has 0 spiro atoms. The third kappa shape index (κ3) is 4.52. The normalized spacial score (nSPS) is 15.5. The number of benzene rings is 2. The summed E-state index contributed by atoms with van der Waals surface area (Å²) in [5.41, 5.74) is 4.52. The van der Waals surface area contributed by atoms with Gasteiger partial charge in [0.25, 0.3) is 0 Å². The summed E-state index contributed by atoms with van der Waals surface area (Å²) in [7, 11) is -9.91. The first kappa shape index (κ1) is 30.3. The highest BCUT2D eigenvalue weighted by Gasteiger charge is 2.45. The van der Waals surface area contributed by atoms with Gasteiger partial charge in [-0.05, 0) is 71.9 Å². The van der Waals surface area contributed by atoms with Crippen molar-refractivity contribution in [3.63, 3.8) is 0 Å². The largest absolute Gasteiger partial charge is 0.810 e. The number of fused-ring (bicyclic) bond motifs is 3. The van der Waals surface area contributed by atoms with Gasteiger partial charge in [0.15, 0.2) is 0 Å². The molecule has 1 aliphatic carbocycles. The zero-order valence-electron chi connectivity index (χ0n) is 23.0. The van der Waals surface area contributed by atoms with Crippen LogP contribution in [-0.4, -0.2) is 0 Å². The Morgan fingerprint density at radius 2 is 0.946 bits per heavy atom. The molecule has 0 radical (unpaired) electrons. The lowest BCUT2D eigenvalue weighted by molar-refractivity contribution is -0.323. The lowest BCUT2D eigenvalue weighted by Gasteiger charge is -2.50. The smallest absolute Gasteiger partial charge is 0.0224 e. The molecular weight excluding hydrogens is 506 g/mol. The average Bonchev–Trinajstić information content (AvgIpc) is 3.09. The van der Waals surface area contributed by atoms with Crippen molar-refractivity contribution in [2.75, 3.05) is 0 Å². The van der Waals surface area contributed by atoms with Crippen molar-refractivity contribution in [2.45, 2.75) is 109 Å². The first-order chi connectivity index (χ1) is 17.3. The van der Waals surface area contributed by atoms with Gasteiger partial charge in [-0.2, -0.15) is 0 Å². The van der Waals surface area contributed by atoms with Gasteiger partial charge in [0, 0.05) is 15.7 Å². The molecule has 0 atom stereocenters. The van der Waals surface area contributed by atoms with Crippen LogP contribution in [0.1, 0.15) is 115 Å². The maximum absolute atomic E-state index is 12.5. The molecule has 0 heterocycles. The van der Waals surface area contributed by atoms with Crippen LogP contribution >= 0.6 is 15.2 Å². The minimum absolute atomic E-state index is 0.190. The zero-order valence-corrected chi connectivity index (χ0v) is 24.8. The number of rotatable bonds is 12. The highest BCUT2D eigenvalue weighted by Crippen LogP contribution is 2.61. The van der Waals surface area contributed by atoms with Crippen molar-refractivity contribution >= 4 is 15.2 Å². The maximum Gasteiger partial charge on any atom is 0.0224 e. The molecule has 0 unspecified atom stereocenters. The second-order valence-corrected chi connectivity index (χ2v) is 14.3.